The zero-order valence-corrected chi connectivity index (χ0v) is 11.2. The molecule has 1 aromatic carbocycles. The number of benzene rings is 1. The number of hydrogen-bond acceptors (Lipinski definition) is 3. The van der Waals surface area contributed by atoms with Crippen LogP contribution in [-0.2, 0) is 0 Å². The topological polar surface area (TPSA) is 54.9 Å². The van der Waals surface area contributed by atoms with E-state index in [9.17, 15) is 0 Å². The number of hydrogen-bond donors (Lipinski definition) is 2. The number of aliphatic imine (C=N–C) groups is 1. The minimum atomic E-state index is 0.654. The molecule has 0 heterocycles. The fraction of sp³-hybridized carbons (Fsp3) is 0.462. The molecule has 0 radical (unpaired) electrons. The molecule has 0 aromatic heterocycles. The van der Waals surface area contributed by atoms with Crippen molar-refractivity contribution in [2.75, 3.05) is 34.4 Å². The molecule has 0 fully saturated rings. The second-order valence-electron chi connectivity index (χ2n) is 3.63. The van der Waals surface area contributed by atoms with Crippen LogP contribution in [0.4, 0.5) is 0 Å². The van der Waals surface area contributed by atoms with Gasteiger partial charge in [-0.2, -0.15) is 0 Å². The summed E-state index contributed by atoms with van der Waals surface area (Å²) in [5.41, 5.74) is 0. The van der Waals surface area contributed by atoms with Crippen molar-refractivity contribution in [3.8, 4) is 11.5 Å². The van der Waals surface area contributed by atoms with Crippen LogP contribution >= 0.6 is 0 Å². The molecule has 0 saturated heterocycles. The van der Waals surface area contributed by atoms with E-state index in [0.717, 1.165) is 30.4 Å². The SMILES string of the molecule is CN=C(NC)NCCCOc1cccc(OC)c1. The van der Waals surface area contributed by atoms with Crippen molar-refractivity contribution in [3.63, 3.8) is 0 Å². The zero-order chi connectivity index (χ0) is 13.2. The smallest absolute Gasteiger partial charge is 0.190 e. The Morgan fingerprint density at radius 2 is 2.11 bits per heavy atom. The highest BCUT2D eigenvalue weighted by Crippen LogP contribution is 2.18. The second kappa shape index (κ2) is 8.22. The number of methoxy groups -OCH3 is 1. The molecule has 0 aliphatic rings. The third-order valence-electron chi connectivity index (χ3n) is 2.38. The van der Waals surface area contributed by atoms with Crippen LogP contribution in [0.3, 0.4) is 0 Å². The number of nitrogens with zero attached hydrogens (tertiary/aromatic N) is 1. The van der Waals surface area contributed by atoms with E-state index in [0.29, 0.717) is 6.61 Å². The van der Waals surface area contributed by atoms with Crippen LogP contribution in [0, 0.1) is 0 Å². The maximum Gasteiger partial charge on any atom is 0.190 e. The van der Waals surface area contributed by atoms with Gasteiger partial charge in [0.05, 0.1) is 13.7 Å². The van der Waals surface area contributed by atoms with E-state index >= 15 is 0 Å². The van der Waals surface area contributed by atoms with E-state index in [1.54, 1.807) is 14.2 Å². The maximum absolute atomic E-state index is 5.62. The molecule has 0 saturated carbocycles. The highest BCUT2D eigenvalue weighted by molar-refractivity contribution is 5.79. The summed E-state index contributed by atoms with van der Waals surface area (Å²) in [6, 6.07) is 7.60. The largest absolute Gasteiger partial charge is 0.497 e. The Bertz CT molecular complexity index is 380. The van der Waals surface area contributed by atoms with Crippen molar-refractivity contribution >= 4 is 5.96 Å². The Hall–Kier alpha value is -1.91. The molecular formula is C13H21N3O2. The van der Waals surface area contributed by atoms with E-state index in [1.807, 2.05) is 31.3 Å². The van der Waals surface area contributed by atoms with Crippen molar-refractivity contribution in [3.05, 3.63) is 24.3 Å². The molecule has 0 bridgehead atoms. The lowest BCUT2D eigenvalue weighted by Gasteiger charge is -2.10. The van der Waals surface area contributed by atoms with E-state index in [4.69, 9.17) is 9.47 Å². The maximum atomic E-state index is 5.62. The molecule has 0 unspecified atom stereocenters. The molecular weight excluding hydrogens is 230 g/mol. The monoisotopic (exact) mass is 251 g/mol. The average Bonchev–Trinajstić information content (AvgIpc) is 2.43. The summed E-state index contributed by atoms with van der Waals surface area (Å²) in [6.07, 6.45) is 0.901. The molecule has 0 amide bonds. The van der Waals surface area contributed by atoms with Crippen LogP contribution in [0.1, 0.15) is 6.42 Å². The van der Waals surface area contributed by atoms with Gasteiger partial charge in [-0.05, 0) is 18.6 Å². The van der Waals surface area contributed by atoms with Gasteiger partial charge in [-0.1, -0.05) is 6.07 Å². The summed E-state index contributed by atoms with van der Waals surface area (Å²) < 4.78 is 10.7. The van der Waals surface area contributed by atoms with Crippen molar-refractivity contribution < 1.29 is 9.47 Å². The first-order valence-corrected chi connectivity index (χ1v) is 5.95. The van der Waals surface area contributed by atoms with Gasteiger partial charge in [0.25, 0.3) is 0 Å². The average molecular weight is 251 g/mol. The van der Waals surface area contributed by atoms with Crippen LogP contribution in [0.5, 0.6) is 11.5 Å². The number of guanidine groups is 1. The number of nitrogens with one attached hydrogen (secondary N) is 2. The van der Waals surface area contributed by atoms with Gasteiger partial charge in [0.15, 0.2) is 5.96 Å². The molecule has 18 heavy (non-hydrogen) atoms. The van der Waals surface area contributed by atoms with E-state index in [1.165, 1.54) is 0 Å². The van der Waals surface area contributed by atoms with E-state index < -0.39 is 0 Å². The fourth-order valence-electron chi connectivity index (χ4n) is 1.44. The Morgan fingerprint density at radius 1 is 1.33 bits per heavy atom. The second-order valence-corrected chi connectivity index (χ2v) is 3.63. The van der Waals surface area contributed by atoms with Gasteiger partial charge in [0.1, 0.15) is 11.5 Å². The standard InChI is InChI=1S/C13H21N3O2/c1-14-13(15-2)16-8-5-9-18-12-7-4-6-11(10-12)17-3/h4,6-7,10H,5,8-9H2,1-3H3,(H2,14,15,16). The van der Waals surface area contributed by atoms with Crippen molar-refractivity contribution in [2.24, 2.45) is 4.99 Å². The van der Waals surface area contributed by atoms with Crippen LogP contribution in [-0.4, -0.2) is 40.3 Å². The number of ether oxygens (including phenoxy) is 2. The first kappa shape index (κ1) is 14.2. The highest BCUT2D eigenvalue weighted by atomic mass is 16.5. The van der Waals surface area contributed by atoms with Gasteiger partial charge < -0.3 is 20.1 Å². The summed E-state index contributed by atoms with van der Waals surface area (Å²) in [4.78, 5) is 4.02. The van der Waals surface area contributed by atoms with Crippen LogP contribution in [0.15, 0.2) is 29.3 Å². The van der Waals surface area contributed by atoms with Gasteiger partial charge in [0.2, 0.25) is 0 Å². The predicted molar refractivity (Wildman–Crippen MR) is 73.5 cm³/mol. The molecule has 0 aliphatic carbocycles. The van der Waals surface area contributed by atoms with Gasteiger partial charge in [-0.15, -0.1) is 0 Å². The normalized spacial score (nSPS) is 10.9. The molecule has 0 aliphatic heterocycles. The van der Waals surface area contributed by atoms with Crippen LogP contribution in [0.25, 0.3) is 0 Å². The minimum Gasteiger partial charge on any atom is -0.497 e. The van der Waals surface area contributed by atoms with Crippen LogP contribution < -0.4 is 20.1 Å². The molecule has 1 rings (SSSR count). The quantitative estimate of drug-likeness (QED) is 0.454. The Balaban J connectivity index is 2.21. The number of rotatable bonds is 6. The molecule has 0 spiro atoms. The fourth-order valence-corrected chi connectivity index (χ4v) is 1.44. The first-order valence-electron chi connectivity index (χ1n) is 5.95. The summed E-state index contributed by atoms with van der Waals surface area (Å²) in [5, 5.41) is 6.12. The van der Waals surface area contributed by atoms with Crippen molar-refractivity contribution in [2.45, 2.75) is 6.42 Å². The van der Waals surface area contributed by atoms with Gasteiger partial charge in [-0.25, -0.2) is 0 Å². The molecule has 0 atom stereocenters. The highest BCUT2D eigenvalue weighted by Gasteiger charge is 1.97. The molecule has 5 heteroatoms. The van der Waals surface area contributed by atoms with E-state index in [2.05, 4.69) is 15.6 Å². The van der Waals surface area contributed by atoms with Crippen LogP contribution in [0.2, 0.25) is 0 Å². The van der Waals surface area contributed by atoms with Gasteiger partial charge in [-0.3, -0.25) is 4.99 Å². The summed E-state index contributed by atoms with van der Waals surface area (Å²) in [7, 11) is 5.22. The van der Waals surface area contributed by atoms with Gasteiger partial charge >= 0.3 is 0 Å². The summed E-state index contributed by atoms with van der Waals surface area (Å²) >= 11 is 0. The Morgan fingerprint density at radius 3 is 2.78 bits per heavy atom. The Kier molecular flexibility index (Phi) is 6.46. The van der Waals surface area contributed by atoms with Gasteiger partial charge in [0, 0.05) is 26.7 Å². The third kappa shape index (κ3) is 4.95. The third-order valence-corrected chi connectivity index (χ3v) is 2.38. The molecule has 2 N–H and O–H groups in total. The summed E-state index contributed by atoms with van der Waals surface area (Å²) in [5.74, 6) is 2.42. The lowest BCUT2D eigenvalue weighted by Crippen LogP contribution is -2.35. The minimum absolute atomic E-state index is 0.654. The molecule has 100 valence electrons. The molecule has 1 aromatic rings. The lowest BCUT2D eigenvalue weighted by molar-refractivity contribution is 0.308. The van der Waals surface area contributed by atoms with Crippen molar-refractivity contribution in [1.82, 2.24) is 10.6 Å². The predicted octanol–water partition coefficient (Wildman–Crippen LogP) is 1.26. The molecule has 5 nitrogen and oxygen atoms in total. The zero-order valence-electron chi connectivity index (χ0n) is 11.2. The lowest BCUT2D eigenvalue weighted by atomic mass is 10.3. The van der Waals surface area contributed by atoms with Crippen molar-refractivity contribution in [1.29, 1.82) is 0 Å². The first-order chi connectivity index (χ1) is 8.80. The Labute approximate surface area is 108 Å². The summed E-state index contributed by atoms with van der Waals surface area (Å²) in [6.45, 7) is 1.47. The van der Waals surface area contributed by atoms with E-state index in [-0.39, 0.29) is 0 Å².